The molecule has 8 nitrogen and oxygen atoms in total. The number of hydrogen-bond acceptors (Lipinski definition) is 8. The summed E-state index contributed by atoms with van der Waals surface area (Å²) in [4.78, 5) is 7.59. The lowest BCUT2D eigenvalue weighted by Crippen LogP contribution is -2.09. The van der Waals surface area contributed by atoms with Crippen LogP contribution in [0.15, 0.2) is 109 Å². The van der Waals surface area contributed by atoms with Crippen molar-refractivity contribution in [3.63, 3.8) is 0 Å². The number of anilines is 3. The molecule has 0 radical (unpaired) electrons. The van der Waals surface area contributed by atoms with Gasteiger partial charge in [0.2, 0.25) is 0 Å². The second kappa shape index (κ2) is 19.1. The van der Waals surface area contributed by atoms with Crippen molar-refractivity contribution >= 4 is 17.1 Å². The van der Waals surface area contributed by atoms with Crippen LogP contribution >= 0.6 is 0 Å². The minimum absolute atomic E-state index is 0.462. The standard InChI is InChI=1S/C49H54N2O6/c1-9-52-44-31-48(56-13-5)46(54-11-3)29-40(44)42-27-36(28-43(50-42)41-30-47(55-12-4)49(57-14-6)32-45(41)53-10-2)35-19-25-39(26-20-35)51(37-21-15-33(7)16-22-37)38-23-17-34(8)18-24-38/h15-32H,9-14H2,1-8H3. The minimum atomic E-state index is 0.462. The maximum absolute atomic E-state index is 6.26. The molecule has 5 aromatic carbocycles. The zero-order chi connectivity index (χ0) is 40.3. The highest BCUT2D eigenvalue weighted by molar-refractivity contribution is 5.84. The average molecular weight is 767 g/mol. The van der Waals surface area contributed by atoms with Crippen LogP contribution in [0.25, 0.3) is 33.6 Å². The molecule has 0 spiro atoms. The Kier molecular flexibility index (Phi) is 13.6. The van der Waals surface area contributed by atoms with Gasteiger partial charge in [-0.2, -0.15) is 0 Å². The van der Waals surface area contributed by atoms with E-state index in [2.05, 4.69) is 104 Å². The summed E-state index contributed by atoms with van der Waals surface area (Å²) in [6.45, 7) is 18.8. The molecule has 1 aromatic heterocycles. The van der Waals surface area contributed by atoms with Gasteiger partial charge in [0.05, 0.1) is 51.0 Å². The number of pyridine rings is 1. The molecule has 6 aromatic rings. The van der Waals surface area contributed by atoms with E-state index in [1.54, 1.807) is 0 Å². The van der Waals surface area contributed by atoms with E-state index in [1.165, 1.54) is 11.1 Å². The van der Waals surface area contributed by atoms with Crippen molar-refractivity contribution in [3.8, 4) is 68.1 Å². The first-order valence-electron chi connectivity index (χ1n) is 20.0. The fourth-order valence-electron chi connectivity index (χ4n) is 6.72. The number of ether oxygens (including phenoxy) is 6. The maximum atomic E-state index is 6.26. The first kappa shape index (κ1) is 40.5. The fourth-order valence-corrected chi connectivity index (χ4v) is 6.72. The molecule has 0 aliphatic heterocycles. The Hall–Kier alpha value is -6.15. The highest BCUT2D eigenvalue weighted by Crippen LogP contribution is 2.45. The van der Waals surface area contributed by atoms with Crippen LogP contribution in [-0.2, 0) is 0 Å². The number of hydrogen-bond donors (Lipinski definition) is 0. The summed E-state index contributed by atoms with van der Waals surface area (Å²) >= 11 is 0. The molecule has 0 saturated heterocycles. The molecule has 0 amide bonds. The van der Waals surface area contributed by atoms with Gasteiger partial charge >= 0.3 is 0 Å². The van der Waals surface area contributed by atoms with Crippen LogP contribution < -0.4 is 33.3 Å². The lowest BCUT2D eigenvalue weighted by molar-refractivity contribution is 0.283. The Balaban J connectivity index is 1.56. The van der Waals surface area contributed by atoms with Crippen LogP contribution in [0.2, 0.25) is 0 Å². The van der Waals surface area contributed by atoms with E-state index in [0.717, 1.165) is 39.3 Å². The molecule has 296 valence electrons. The van der Waals surface area contributed by atoms with Crippen LogP contribution in [0.3, 0.4) is 0 Å². The lowest BCUT2D eigenvalue weighted by atomic mass is 9.98. The van der Waals surface area contributed by atoms with Gasteiger partial charge in [0.15, 0.2) is 23.0 Å². The Morgan fingerprint density at radius 2 is 0.684 bits per heavy atom. The first-order valence-corrected chi connectivity index (χ1v) is 20.0. The number of benzene rings is 5. The van der Waals surface area contributed by atoms with E-state index in [9.17, 15) is 0 Å². The van der Waals surface area contributed by atoms with Crippen molar-refractivity contribution < 1.29 is 28.4 Å². The summed E-state index contributed by atoms with van der Waals surface area (Å²) in [7, 11) is 0. The summed E-state index contributed by atoms with van der Waals surface area (Å²) in [6, 6.07) is 37.8. The van der Waals surface area contributed by atoms with E-state index in [-0.39, 0.29) is 0 Å². The molecule has 0 aliphatic carbocycles. The molecule has 57 heavy (non-hydrogen) atoms. The van der Waals surface area contributed by atoms with Crippen molar-refractivity contribution in [2.45, 2.75) is 55.4 Å². The number of nitrogens with zero attached hydrogens (tertiary/aromatic N) is 2. The summed E-state index contributed by atoms with van der Waals surface area (Å²) in [5.74, 6) is 3.78. The Morgan fingerprint density at radius 3 is 1.04 bits per heavy atom. The predicted octanol–water partition coefficient (Wildman–Crippen LogP) is 12.6. The highest BCUT2D eigenvalue weighted by Gasteiger charge is 2.22. The molecular formula is C49H54N2O6. The SMILES string of the molecule is CCOc1cc(OCC)c(-c2cc(-c3ccc(N(c4ccc(C)cc4)c4ccc(C)cc4)cc3)cc(-c3cc(OCC)c(OCC)cc3OCC)n2)cc1OCC. The second-order valence-electron chi connectivity index (χ2n) is 13.4. The topological polar surface area (TPSA) is 71.5 Å². The normalized spacial score (nSPS) is 10.9. The van der Waals surface area contributed by atoms with E-state index in [1.807, 2.05) is 65.8 Å². The van der Waals surface area contributed by atoms with Gasteiger partial charge in [-0.25, -0.2) is 4.98 Å². The van der Waals surface area contributed by atoms with Crippen molar-refractivity contribution in [3.05, 3.63) is 120 Å². The van der Waals surface area contributed by atoms with E-state index in [4.69, 9.17) is 33.4 Å². The molecule has 0 N–H and O–H groups in total. The lowest BCUT2D eigenvalue weighted by Gasteiger charge is -2.26. The van der Waals surface area contributed by atoms with Crippen molar-refractivity contribution in [1.29, 1.82) is 0 Å². The molecule has 0 saturated carbocycles. The number of rotatable bonds is 18. The third-order valence-corrected chi connectivity index (χ3v) is 9.31. The zero-order valence-electron chi connectivity index (χ0n) is 34.5. The smallest absolute Gasteiger partial charge is 0.164 e. The van der Waals surface area contributed by atoms with Gasteiger partial charge in [0.25, 0.3) is 0 Å². The van der Waals surface area contributed by atoms with Crippen LogP contribution in [0.1, 0.15) is 52.7 Å². The van der Waals surface area contributed by atoms with Gasteiger partial charge in [-0.3, -0.25) is 0 Å². The first-order chi connectivity index (χ1) is 27.8. The van der Waals surface area contributed by atoms with Gasteiger partial charge in [-0.05, 0) is 127 Å². The monoisotopic (exact) mass is 766 g/mol. The van der Waals surface area contributed by atoms with Crippen molar-refractivity contribution in [2.24, 2.45) is 0 Å². The van der Waals surface area contributed by atoms with E-state index >= 15 is 0 Å². The molecule has 0 bridgehead atoms. The Labute approximate surface area is 337 Å². The van der Waals surface area contributed by atoms with Gasteiger partial charge in [0.1, 0.15) is 11.5 Å². The highest BCUT2D eigenvalue weighted by atomic mass is 16.5. The predicted molar refractivity (Wildman–Crippen MR) is 232 cm³/mol. The van der Waals surface area contributed by atoms with Crippen molar-refractivity contribution in [2.75, 3.05) is 44.5 Å². The summed E-state index contributed by atoms with van der Waals surface area (Å²) in [5, 5.41) is 0. The van der Waals surface area contributed by atoms with E-state index < -0.39 is 0 Å². The quantitative estimate of drug-likeness (QED) is 0.0856. The molecular weight excluding hydrogens is 713 g/mol. The third kappa shape index (κ3) is 9.46. The van der Waals surface area contributed by atoms with Crippen LogP contribution in [0.5, 0.6) is 34.5 Å². The van der Waals surface area contributed by atoms with Crippen LogP contribution in [0, 0.1) is 13.8 Å². The van der Waals surface area contributed by atoms with Gasteiger partial charge < -0.3 is 33.3 Å². The van der Waals surface area contributed by atoms with Crippen LogP contribution in [0.4, 0.5) is 17.1 Å². The molecule has 0 atom stereocenters. The van der Waals surface area contributed by atoms with Gasteiger partial charge in [-0.15, -0.1) is 0 Å². The van der Waals surface area contributed by atoms with Crippen LogP contribution in [-0.4, -0.2) is 44.6 Å². The molecule has 1 heterocycles. The average Bonchev–Trinajstić information content (AvgIpc) is 3.22. The molecule has 0 unspecified atom stereocenters. The largest absolute Gasteiger partial charge is 0.493 e. The summed E-state index contributed by atoms with van der Waals surface area (Å²) in [6.07, 6.45) is 0. The van der Waals surface area contributed by atoms with E-state index in [0.29, 0.717) is 85.5 Å². The molecule has 8 heteroatoms. The summed E-state index contributed by atoms with van der Waals surface area (Å²) in [5.41, 5.74) is 10.6. The molecule has 6 rings (SSSR count). The number of aryl methyl sites for hydroxylation is 2. The third-order valence-electron chi connectivity index (χ3n) is 9.31. The minimum Gasteiger partial charge on any atom is -0.493 e. The van der Waals surface area contributed by atoms with Crippen molar-refractivity contribution in [1.82, 2.24) is 4.98 Å². The Morgan fingerprint density at radius 1 is 0.368 bits per heavy atom. The Bertz CT molecular complexity index is 2100. The van der Waals surface area contributed by atoms with Gasteiger partial charge in [0, 0.05) is 40.3 Å². The van der Waals surface area contributed by atoms with Gasteiger partial charge in [-0.1, -0.05) is 47.5 Å². The number of aromatic nitrogens is 1. The molecule has 0 fully saturated rings. The fraction of sp³-hybridized carbons (Fsp3) is 0.286. The second-order valence-corrected chi connectivity index (χ2v) is 13.4. The summed E-state index contributed by atoms with van der Waals surface area (Å²) < 4.78 is 36.7. The molecule has 0 aliphatic rings. The maximum Gasteiger partial charge on any atom is 0.164 e. The zero-order valence-corrected chi connectivity index (χ0v) is 34.5.